The number of carbonyl (C=O) groups excluding carboxylic acids is 2. The minimum Gasteiger partial charge on any atom is -0.484 e. The molecule has 2 N–H and O–H groups in total. The summed E-state index contributed by atoms with van der Waals surface area (Å²) in [6.07, 6.45) is 1.74. The van der Waals surface area contributed by atoms with Gasteiger partial charge in [0.15, 0.2) is 12.4 Å². The lowest BCUT2D eigenvalue weighted by Crippen LogP contribution is -2.78. The second-order valence-corrected chi connectivity index (χ2v) is 7.83. The zero-order valence-electron chi connectivity index (χ0n) is 15.1. The molecule has 0 saturated heterocycles. The van der Waals surface area contributed by atoms with E-state index in [9.17, 15) is 14.0 Å². The van der Waals surface area contributed by atoms with Gasteiger partial charge in [-0.05, 0) is 38.3 Å². The first-order valence-electron chi connectivity index (χ1n) is 8.76. The second kappa shape index (κ2) is 6.73. The molecule has 3 saturated carbocycles. The van der Waals surface area contributed by atoms with Gasteiger partial charge in [0.25, 0.3) is 5.91 Å². The first-order valence-corrected chi connectivity index (χ1v) is 9.13. The lowest BCUT2D eigenvalue weighted by atomic mass is 9.39. The molecule has 28 heavy (non-hydrogen) atoms. The highest BCUT2D eigenvalue weighted by atomic mass is 35.5. The van der Waals surface area contributed by atoms with Crippen LogP contribution in [0.1, 0.15) is 31.0 Å². The van der Waals surface area contributed by atoms with Crippen LogP contribution in [0.5, 0.6) is 5.75 Å². The van der Waals surface area contributed by atoms with Crippen molar-refractivity contribution in [2.24, 2.45) is 5.41 Å². The molecule has 0 spiro atoms. The highest BCUT2D eigenvalue weighted by Gasteiger charge is 2.72. The number of hydrogen-bond acceptors (Lipinski definition) is 6. The predicted octanol–water partition coefficient (Wildman–Crippen LogP) is 1.90. The van der Waals surface area contributed by atoms with Crippen LogP contribution in [0.15, 0.2) is 22.7 Å². The smallest absolute Gasteiger partial charge is 0.258 e. The van der Waals surface area contributed by atoms with E-state index in [1.165, 1.54) is 12.1 Å². The summed E-state index contributed by atoms with van der Waals surface area (Å²) in [5, 5.41) is 9.37. The summed E-state index contributed by atoms with van der Waals surface area (Å²) in [6.45, 7) is 1.65. The van der Waals surface area contributed by atoms with Crippen molar-refractivity contribution in [1.29, 1.82) is 0 Å². The van der Waals surface area contributed by atoms with E-state index in [4.69, 9.17) is 20.9 Å². The molecule has 3 fully saturated rings. The number of halogens is 2. The Morgan fingerprint density at radius 1 is 1.36 bits per heavy atom. The third kappa shape index (κ3) is 3.42. The van der Waals surface area contributed by atoms with Gasteiger partial charge >= 0.3 is 0 Å². The van der Waals surface area contributed by atoms with E-state index in [0.29, 0.717) is 31.0 Å². The van der Waals surface area contributed by atoms with E-state index in [-0.39, 0.29) is 41.3 Å². The monoisotopic (exact) mass is 408 g/mol. The van der Waals surface area contributed by atoms with Crippen LogP contribution in [0.3, 0.4) is 0 Å². The molecular formula is C18H18ClFN4O4. The highest BCUT2D eigenvalue weighted by molar-refractivity contribution is 6.30. The van der Waals surface area contributed by atoms with Crippen LogP contribution in [0.2, 0.25) is 5.02 Å². The lowest BCUT2D eigenvalue weighted by Gasteiger charge is -2.69. The highest BCUT2D eigenvalue weighted by Crippen LogP contribution is 2.67. The quantitative estimate of drug-likeness (QED) is 0.724. The molecule has 2 amide bonds. The lowest BCUT2D eigenvalue weighted by molar-refractivity contribution is -0.184. The molecule has 148 valence electrons. The summed E-state index contributed by atoms with van der Waals surface area (Å²) in [6, 6.07) is 3.98. The van der Waals surface area contributed by atoms with Gasteiger partial charge in [0.2, 0.25) is 11.8 Å². The fourth-order valence-electron chi connectivity index (χ4n) is 3.96. The van der Waals surface area contributed by atoms with Crippen molar-refractivity contribution >= 4 is 23.4 Å². The average molecular weight is 409 g/mol. The summed E-state index contributed by atoms with van der Waals surface area (Å²) >= 11 is 5.60. The maximum Gasteiger partial charge on any atom is 0.258 e. The number of aromatic nitrogens is 2. The minimum atomic E-state index is -0.609. The zero-order valence-corrected chi connectivity index (χ0v) is 15.8. The van der Waals surface area contributed by atoms with Crippen molar-refractivity contribution in [3.63, 3.8) is 0 Å². The number of amides is 2. The Kier molecular flexibility index (Phi) is 4.49. The number of nitrogens with one attached hydrogen (secondary N) is 2. The van der Waals surface area contributed by atoms with Gasteiger partial charge in [-0.25, -0.2) is 4.39 Å². The van der Waals surface area contributed by atoms with Crippen molar-refractivity contribution in [3.05, 3.63) is 40.8 Å². The van der Waals surface area contributed by atoms with Gasteiger partial charge in [0, 0.05) is 11.6 Å². The number of hydrogen-bond donors (Lipinski definition) is 2. The van der Waals surface area contributed by atoms with Crippen LogP contribution in [0, 0.1) is 18.2 Å². The molecule has 1 aromatic carbocycles. The van der Waals surface area contributed by atoms with Crippen LogP contribution in [-0.2, 0) is 16.1 Å². The molecule has 0 atom stereocenters. The van der Waals surface area contributed by atoms with Gasteiger partial charge in [-0.15, -0.1) is 0 Å². The topological polar surface area (TPSA) is 106 Å². The molecule has 1 heterocycles. The normalized spacial score (nSPS) is 24.7. The Bertz CT molecular complexity index is 928. The molecule has 5 rings (SSSR count). The third-order valence-corrected chi connectivity index (χ3v) is 5.45. The average Bonchev–Trinajstić information content (AvgIpc) is 3.01. The Balaban J connectivity index is 1.21. The number of nitrogens with zero attached hydrogens (tertiary/aromatic N) is 2. The zero-order chi connectivity index (χ0) is 19.9. The summed E-state index contributed by atoms with van der Waals surface area (Å²) < 4.78 is 23.6. The number of aryl methyl sites for hydroxylation is 1. The molecule has 3 aliphatic rings. The molecule has 0 radical (unpaired) electrons. The van der Waals surface area contributed by atoms with Crippen LogP contribution in [0.25, 0.3) is 0 Å². The third-order valence-electron chi connectivity index (χ3n) is 5.15. The molecule has 10 heteroatoms. The van der Waals surface area contributed by atoms with Gasteiger partial charge in [-0.3, -0.25) is 9.59 Å². The largest absolute Gasteiger partial charge is 0.484 e. The van der Waals surface area contributed by atoms with Crippen molar-refractivity contribution in [1.82, 2.24) is 20.8 Å². The van der Waals surface area contributed by atoms with E-state index in [1.807, 2.05) is 0 Å². The Hall–Kier alpha value is -2.68. The van der Waals surface area contributed by atoms with Crippen LogP contribution < -0.4 is 15.4 Å². The molecule has 8 nitrogen and oxygen atoms in total. The van der Waals surface area contributed by atoms with Crippen molar-refractivity contribution < 1.29 is 23.2 Å². The van der Waals surface area contributed by atoms with E-state index < -0.39 is 11.2 Å². The molecule has 2 bridgehead atoms. The summed E-state index contributed by atoms with van der Waals surface area (Å²) in [5.74, 6) is 0.0957. The number of benzene rings is 1. The summed E-state index contributed by atoms with van der Waals surface area (Å²) in [7, 11) is 0. The van der Waals surface area contributed by atoms with E-state index >= 15 is 0 Å². The molecule has 1 aromatic heterocycles. The molecular weight excluding hydrogens is 391 g/mol. The second-order valence-electron chi connectivity index (χ2n) is 7.42. The summed E-state index contributed by atoms with van der Waals surface area (Å²) in [4.78, 5) is 28.5. The number of carbonyl (C=O) groups is 2. The summed E-state index contributed by atoms with van der Waals surface area (Å²) in [5.41, 5.74) is -0.799. The van der Waals surface area contributed by atoms with Crippen LogP contribution in [-0.4, -0.2) is 34.1 Å². The van der Waals surface area contributed by atoms with Crippen molar-refractivity contribution in [2.45, 2.75) is 38.3 Å². The Morgan fingerprint density at radius 2 is 2.11 bits per heavy atom. The van der Waals surface area contributed by atoms with Crippen LogP contribution >= 0.6 is 11.6 Å². The van der Waals surface area contributed by atoms with Gasteiger partial charge in [-0.2, -0.15) is 4.98 Å². The molecule has 2 aromatic rings. The molecule has 0 aliphatic heterocycles. The maximum atomic E-state index is 13.4. The fraction of sp³-hybridized carbons (Fsp3) is 0.444. The first-order chi connectivity index (χ1) is 13.3. The van der Waals surface area contributed by atoms with E-state index in [1.54, 1.807) is 6.92 Å². The van der Waals surface area contributed by atoms with E-state index in [0.717, 1.165) is 6.07 Å². The number of rotatable bonds is 7. The van der Waals surface area contributed by atoms with Gasteiger partial charge in [0.05, 0.1) is 17.0 Å². The van der Waals surface area contributed by atoms with Gasteiger partial charge in [-0.1, -0.05) is 16.8 Å². The standard InChI is InChI=1S/C18H18ClFN4O4/c1-10-22-15(28-24-10)5-21-16(26)17-7-18(8-17,9-17)23-14(25)6-27-11-2-3-12(19)13(20)4-11/h2-4H,5-9H2,1H3,(H,21,26)(H,23,25). The Labute approximate surface area is 164 Å². The van der Waals surface area contributed by atoms with Crippen LogP contribution in [0.4, 0.5) is 4.39 Å². The van der Waals surface area contributed by atoms with E-state index in [2.05, 4.69) is 20.8 Å². The Morgan fingerprint density at radius 3 is 2.75 bits per heavy atom. The van der Waals surface area contributed by atoms with Crippen molar-refractivity contribution in [2.75, 3.05) is 6.61 Å². The molecule has 0 unspecified atom stereocenters. The first kappa shape index (κ1) is 18.7. The SMILES string of the molecule is Cc1noc(CNC(=O)C23CC(NC(=O)COc4ccc(Cl)c(F)c4)(C2)C3)n1. The maximum absolute atomic E-state index is 13.4. The van der Waals surface area contributed by atoms with Crippen molar-refractivity contribution in [3.8, 4) is 5.75 Å². The van der Waals surface area contributed by atoms with Gasteiger partial charge in [0.1, 0.15) is 11.6 Å². The van der Waals surface area contributed by atoms with Gasteiger partial charge < -0.3 is 19.9 Å². The fourth-order valence-corrected chi connectivity index (χ4v) is 4.08. The predicted molar refractivity (Wildman–Crippen MR) is 94.9 cm³/mol. The molecule has 3 aliphatic carbocycles. The number of ether oxygens (including phenoxy) is 1. The minimum absolute atomic E-state index is 0.0107.